The molecule has 7 heteroatoms. The van der Waals surface area contributed by atoms with Gasteiger partial charge in [-0.3, -0.25) is 4.57 Å². The SMILES string of the molecule is CO[C@@](CO)(CCl)CCn1ccc(N)nc1=O. The van der Waals surface area contributed by atoms with E-state index in [9.17, 15) is 9.90 Å². The average molecular weight is 262 g/mol. The molecular weight excluding hydrogens is 246 g/mol. The highest BCUT2D eigenvalue weighted by Crippen LogP contribution is 2.17. The number of aromatic nitrogens is 2. The molecule has 0 aliphatic heterocycles. The molecule has 1 aromatic rings. The third-order valence-electron chi connectivity index (χ3n) is 2.67. The molecule has 0 aromatic carbocycles. The number of methoxy groups -OCH3 is 1. The molecule has 0 bridgehead atoms. The van der Waals surface area contributed by atoms with Crippen LogP contribution in [0.2, 0.25) is 0 Å². The van der Waals surface area contributed by atoms with Gasteiger partial charge in [-0.2, -0.15) is 4.98 Å². The number of nitrogen functional groups attached to an aromatic ring is 1. The van der Waals surface area contributed by atoms with Crippen LogP contribution in [0.3, 0.4) is 0 Å². The molecule has 0 aliphatic carbocycles. The minimum absolute atomic E-state index is 0.150. The van der Waals surface area contributed by atoms with Crippen molar-refractivity contribution in [3.05, 3.63) is 22.7 Å². The van der Waals surface area contributed by atoms with Gasteiger partial charge in [-0.05, 0) is 12.5 Å². The molecule has 0 radical (unpaired) electrons. The Bertz CT molecular complexity index is 409. The van der Waals surface area contributed by atoms with Crippen LogP contribution in [0.4, 0.5) is 5.82 Å². The van der Waals surface area contributed by atoms with Gasteiger partial charge in [0.05, 0.1) is 12.5 Å². The third-order valence-corrected chi connectivity index (χ3v) is 3.16. The second-order valence-electron chi connectivity index (χ2n) is 3.76. The first kappa shape index (κ1) is 14.0. The number of aliphatic hydroxyl groups excluding tert-OH is 1. The number of rotatable bonds is 6. The fourth-order valence-corrected chi connectivity index (χ4v) is 1.67. The number of nitrogens with zero attached hydrogens (tertiary/aromatic N) is 2. The number of halogens is 1. The van der Waals surface area contributed by atoms with Crippen LogP contribution in [-0.4, -0.2) is 39.9 Å². The van der Waals surface area contributed by atoms with Crippen molar-refractivity contribution < 1.29 is 9.84 Å². The Balaban J connectivity index is 2.75. The maximum atomic E-state index is 11.5. The topological polar surface area (TPSA) is 90.4 Å². The lowest BCUT2D eigenvalue weighted by Gasteiger charge is -2.28. The Morgan fingerprint density at radius 3 is 2.88 bits per heavy atom. The van der Waals surface area contributed by atoms with Crippen LogP contribution in [-0.2, 0) is 11.3 Å². The molecule has 0 saturated carbocycles. The van der Waals surface area contributed by atoms with Crippen LogP contribution in [0.15, 0.2) is 17.1 Å². The largest absolute Gasteiger partial charge is 0.393 e. The lowest BCUT2D eigenvalue weighted by atomic mass is 10.0. The van der Waals surface area contributed by atoms with Crippen molar-refractivity contribution in [2.75, 3.05) is 25.3 Å². The van der Waals surface area contributed by atoms with E-state index in [1.807, 2.05) is 0 Å². The van der Waals surface area contributed by atoms with E-state index in [2.05, 4.69) is 4.98 Å². The van der Waals surface area contributed by atoms with Crippen LogP contribution < -0.4 is 11.4 Å². The van der Waals surface area contributed by atoms with Crippen LogP contribution in [0.25, 0.3) is 0 Å². The second kappa shape index (κ2) is 6.00. The van der Waals surface area contributed by atoms with Gasteiger partial charge in [0.1, 0.15) is 11.4 Å². The van der Waals surface area contributed by atoms with E-state index in [1.165, 1.54) is 17.7 Å². The predicted octanol–water partition coefficient (Wildman–Crippen LogP) is -0.168. The number of ether oxygens (including phenoxy) is 1. The molecule has 0 saturated heterocycles. The van der Waals surface area contributed by atoms with Gasteiger partial charge in [0.2, 0.25) is 0 Å². The van der Waals surface area contributed by atoms with E-state index in [1.54, 1.807) is 6.20 Å². The molecule has 0 fully saturated rings. The summed E-state index contributed by atoms with van der Waals surface area (Å²) in [5.41, 5.74) is 4.12. The Hall–Kier alpha value is -1.11. The first-order valence-electron chi connectivity index (χ1n) is 5.12. The Morgan fingerprint density at radius 1 is 1.71 bits per heavy atom. The van der Waals surface area contributed by atoms with Crippen molar-refractivity contribution in [2.24, 2.45) is 0 Å². The highest BCUT2D eigenvalue weighted by Gasteiger charge is 2.27. The van der Waals surface area contributed by atoms with Crippen molar-refractivity contribution >= 4 is 17.4 Å². The van der Waals surface area contributed by atoms with Crippen LogP contribution in [0, 0.1) is 0 Å². The predicted molar refractivity (Wildman–Crippen MR) is 65.1 cm³/mol. The molecule has 0 aliphatic rings. The normalized spacial score (nSPS) is 14.5. The van der Waals surface area contributed by atoms with Crippen LogP contribution in [0.1, 0.15) is 6.42 Å². The highest BCUT2D eigenvalue weighted by molar-refractivity contribution is 6.18. The van der Waals surface area contributed by atoms with E-state index in [4.69, 9.17) is 22.1 Å². The monoisotopic (exact) mass is 261 g/mol. The van der Waals surface area contributed by atoms with E-state index in [0.717, 1.165) is 0 Å². The molecular formula is C10H16ClN3O3. The number of anilines is 1. The van der Waals surface area contributed by atoms with Gasteiger partial charge in [0.25, 0.3) is 0 Å². The summed E-state index contributed by atoms with van der Waals surface area (Å²) >= 11 is 5.75. The summed E-state index contributed by atoms with van der Waals surface area (Å²) < 4.78 is 6.57. The summed E-state index contributed by atoms with van der Waals surface area (Å²) in [4.78, 5) is 15.1. The molecule has 0 spiro atoms. The maximum Gasteiger partial charge on any atom is 0.349 e. The molecule has 1 aromatic heterocycles. The van der Waals surface area contributed by atoms with Crippen molar-refractivity contribution in [3.63, 3.8) is 0 Å². The lowest BCUT2D eigenvalue weighted by Crippen LogP contribution is -2.40. The summed E-state index contributed by atoms with van der Waals surface area (Å²) in [7, 11) is 1.47. The maximum absolute atomic E-state index is 11.5. The zero-order valence-electron chi connectivity index (χ0n) is 9.60. The second-order valence-corrected chi connectivity index (χ2v) is 4.02. The fourth-order valence-electron chi connectivity index (χ4n) is 1.35. The van der Waals surface area contributed by atoms with Gasteiger partial charge < -0.3 is 15.6 Å². The lowest BCUT2D eigenvalue weighted by molar-refractivity contribution is -0.0431. The van der Waals surface area contributed by atoms with Gasteiger partial charge in [0, 0.05) is 19.9 Å². The molecule has 1 rings (SSSR count). The summed E-state index contributed by atoms with van der Waals surface area (Å²) in [6.07, 6.45) is 1.96. The first-order chi connectivity index (χ1) is 8.06. The van der Waals surface area contributed by atoms with Gasteiger partial charge in [-0.1, -0.05) is 0 Å². The fraction of sp³-hybridized carbons (Fsp3) is 0.600. The van der Waals surface area contributed by atoms with Crippen LogP contribution in [0.5, 0.6) is 0 Å². The molecule has 1 atom stereocenters. The van der Waals surface area contributed by atoms with E-state index in [-0.39, 0.29) is 18.3 Å². The Morgan fingerprint density at radius 2 is 2.41 bits per heavy atom. The highest BCUT2D eigenvalue weighted by atomic mass is 35.5. The minimum Gasteiger partial charge on any atom is -0.393 e. The standard InChI is InChI=1S/C10H16ClN3O3/c1-17-10(6-11,7-15)3-5-14-4-2-8(12)13-9(14)16/h2,4,15H,3,5-7H2,1H3,(H2,12,13,16)/t10-/m1/s1. The van der Waals surface area contributed by atoms with Crippen molar-refractivity contribution in [1.82, 2.24) is 9.55 Å². The first-order valence-corrected chi connectivity index (χ1v) is 5.65. The summed E-state index contributed by atoms with van der Waals surface area (Å²) in [5.74, 6) is 0.334. The van der Waals surface area contributed by atoms with Crippen LogP contribution >= 0.6 is 11.6 Å². The smallest absolute Gasteiger partial charge is 0.349 e. The van der Waals surface area contributed by atoms with E-state index >= 15 is 0 Å². The van der Waals surface area contributed by atoms with Crippen molar-refractivity contribution in [3.8, 4) is 0 Å². The van der Waals surface area contributed by atoms with Crippen molar-refractivity contribution in [2.45, 2.75) is 18.6 Å². The summed E-state index contributed by atoms with van der Waals surface area (Å²) in [5, 5.41) is 9.24. The molecule has 96 valence electrons. The Labute approximate surface area is 104 Å². The number of aliphatic hydroxyl groups is 1. The molecule has 0 unspecified atom stereocenters. The number of hydrogen-bond acceptors (Lipinski definition) is 5. The summed E-state index contributed by atoms with van der Waals surface area (Å²) in [6, 6.07) is 1.54. The third kappa shape index (κ3) is 3.42. The van der Waals surface area contributed by atoms with Crippen molar-refractivity contribution in [1.29, 1.82) is 0 Å². The minimum atomic E-state index is -0.831. The van der Waals surface area contributed by atoms with E-state index < -0.39 is 11.3 Å². The average Bonchev–Trinajstić information content (AvgIpc) is 2.33. The quantitative estimate of drug-likeness (QED) is 0.694. The number of hydrogen-bond donors (Lipinski definition) is 2. The number of alkyl halides is 1. The summed E-state index contributed by atoms with van der Waals surface area (Å²) in [6.45, 7) is 0.150. The zero-order valence-corrected chi connectivity index (χ0v) is 10.4. The van der Waals surface area contributed by atoms with Gasteiger partial charge >= 0.3 is 5.69 Å². The Kier molecular flexibility index (Phi) is 4.92. The molecule has 6 nitrogen and oxygen atoms in total. The molecule has 3 N–H and O–H groups in total. The number of aryl methyl sites for hydroxylation is 1. The molecule has 0 amide bonds. The molecule has 1 heterocycles. The van der Waals surface area contributed by atoms with Gasteiger partial charge in [-0.25, -0.2) is 4.79 Å². The van der Waals surface area contributed by atoms with Gasteiger partial charge in [-0.15, -0.1) is 11.6 Å². The number of nitrogens with two attached hydrogens (primary N) is 1. The zero-order chi connectivity index (χ0) is 12.9. The molecule has 17 heavy (non-hydrogen) atoms. The van der Waals surface area contributed by atoms with E-state index in [0.29, 0.717) is 13.0 Å². The van der Waals surface area contributed by atoms with Gasteiger partial charge in [0.15, 0.2) is 0 Å².